The van der Waals surface area contributed by atoms with Crippen LogP contribution in [-0.2, 0) is 44.7 Å². The molecule has 0 aromatic heterocycles. The molecule has 0 aliphatic rings. The zero-order chi connectivity index (χ0) is 13.4. The molecule has 92 valence electrons. The van der Waals surface area contributed by atoms with Gasteiger partial charge in [-0.05, 0) is 0 Å². The molecule has 0 saturated heterocycles. The van der Waals surface area contributed by atoms with Crippen molar-refractivity contribution in [3.05, 3.63) is 36.4 Å². The summed E-state index contributed by atoms with van der Waals surface area (Å²) in [5, 5.41) is -1.50. The van der Waals surface area contributed by atoms with E-state index in [4.69, 9.17) is 9.59 Å². The maximum absolute atomic E-state index is 9.04. The molecule has 7 heteroatoms. The van der Waals surface area contributed by atoms with Gasteiger partial charge in [0.1, 0.15) is 0 Å². The predicted octanol–water partition coefficient (Wildman–Crippen LogP) is 1.93. The van der Waals surface area contributed by atoms with Crippen molar-refractivity contribution in [3.63, 3.8) is 0 Å². The molecule has 4 N–H and O–H groups in total. The fraction of sp³-hybridized carbons (Fsp3) is 0.200. The van der Waals surface area contributed by atoms with Crippen molar-refractivity contribution in [2.24, 2.45) is 11.5 Å². The van der Waals surface area contributed by atoms with Gasteiger partial charge in [0, 0.05) is 0 Å². The van der Waals surface area contributed by atoms with Crippen LogP contribution in [0.3, 0.4) is 0 Å². The Morgan fingerprint density at radius 2 is 0.824 bits per heavy atom. The van der Waals surface area contributed by atoms with E-state index in [0.29, 0.717) is 0 Å². The fourth-order valence-corrected chi connectivity index (χ4v) is 0.385. The summed E-state index contributed by atoms with van der Waals surface area (Å²) in [6.45, 7) is 4.00. The first-order valence-electron chi connectivity index (χ1n) is 4.39. The number of amides is 2. The van der Waals surface area contributed by atoms with E-state index >= 15 is 0 Å². The summed E-state index contributed by atoms with van der Waals surface area (Å²) in [5.74, 6) is 0. The largest absolute Gasteiger partial charge is 2.00 e. The standard InChI is InChI=1S/C6H6.C2H6.2CH3NOS.Zn/c1-2-4-6-5-3-1;1-2;2*2-1(3)4;/h1-6H;1-2H3;2*(H3,2,3,4);/q;;;;+2/p-2. The van der Waals surface area contributed by atoms with Gasteiger partial charge in [-0.25, -0.2) is 0 Å². The van der Waals surface area contributed by atoms with Crippen molar-refractivity contribution in [3.8, 4) is 0 Å². The van der Waals surface area contributed by atoms with Crippen LogP contribution in [0.1, 0.15) is 13.8 Å². The van der Waals surface area contributed by atoms with Gasteiger partial charge >= 0.3 is 19.5 Å². The van der Waals surface area contributed by atoms with Gasteiger partial charge in [-0.1, -0.05) is 50.2 Å². The maximum Gasteiger partial charge on any atom is 2.00 e. The van der Waals surface area contributed by atoms with Crippen LogP contribution in [0, 0.1) is 0 Å². The quantitative estimate of drug-likeness (QED) is 0.564. The molecule has 4 nitrogen and oxygen atoms in total. The SMILES string of the molecule is CC.NC(=O)[S-].NC(=O)[S-].[Zn+2].c1ccccc1. The van der Waals surface area contributed by atoms with E-state index in [9.17, 15) is 0 Å². The van der Waals surface area contributed by atoms with Gasteiger partial charge in [0.25, 0.3) is 0 Å². The molecule has 2 amide bonds. The number of primary amides is 2. The fourth-order valence-electron chi connectivity index (χ4n) is 0.385. The molecule has 0 fully saturated rings. The second kappa shape index (κ2) is 24.4. The molecule has 1 aromatic carbocycles. The molecule has 0 spiro atoms. The summed E-state index contributed by atoms with van der Waals surface area (Å²) >= 11 is 7.52. The predicted molar refractivity (Wildman–Crippen MR) is 71.7 cm³/mol. The third-order valence-corrected chi connectivity index (χ3v) is 0.667. The topological polar surface area (TPSA) is 86.2 Å². The normalized spacial score (nSPS) is 6.00. The summed E-state index contributed by atoms with van der Waals surface area (Å²) in [7, 11) is 0. The van der Waals surface area contributed by atoms with Crippen molar-refractivity contribution in [2.75, 3.05) is 0 Å². The van der Waals surface area contributed by atoms with E-state index in [2.05, 4.69) is 36.7 Å². The third kappa shape index (κ3) is 97.6. The number of carbonyl (C=O) groups is 2. The Hall–Kier alpha value is -0.777. The summed E-state index contributed by atoms with van der Waals surface area (Å²) in [6, 6.07) is 12.0. The first-order chi connectivity index (χ1) is 7.46. The molecular weight excluding hydrogens is 310 g/mol. The molecule has 1 rings (SSSR count). The van der Waals surface area contributed by atoms with Crippen LogP contribution >= 0.6 is 0 Å². The van der Waals surface area contributed by atoms with E-state index in [1.54, 1.807) is 0 Å². The Kier molecular flexibility index (Phi) is 36.2. The van der Waals surface area contributed by atoms with Gasteiger partial charge in [0.05, 0.1) is 10.5 Å². The molecule has 1 aromatic rings. The smallest absolute Gasteiger partial charge is 0.719 e. The Morgan fingerprint density at radius 3 is 0.882 bits per heavy atom. The van der Waals surface area contributed by atoms with Crippen LogP contribution in [0.2, 0.25) is 0 Å². The van der Waals surface area contributed by atoms with Gasteiger partial charge in [-0.3, -0.25) is 0 Å². The molecule has 0 unspecified atom stereocenters. The number of hydrogen-bond acceptors (Lipinski definition) is 4. The molecule has 0 saturated carbocycles. The molecule has 0 aliphatic carbocycles. The van der Waals surface area contributed by atoms with Crippen molar-refractivity contribution in [1.82, 2.24) is 0 Å². The van der Waals surface area contributed by atoms with Crippen LogP contribution in [-0.4, -0.2) is 10.5 Å². The average molecular weight is 326 g/mol. The molecule has 0 bridgehead atoms. The number of nitrogens with two attached hydrogens (primary N) is 2. The molecule has 17 heavy (non-hydrogen) atoms. The van der Waals surface area contributed by atoms with Gasteiger partial charge in [0.2, 0.25) is 0 Å². The van der Waals surface area contributed by atoms with Crippen LogP contribution in [0.25, 0.3) is 0 Å². The van der Waals surface area contributed by atoms with E-state index < -0.39 is 10.5 Å². The van der Waals surface area contributed by atoms with Gasteiger partial charge in [-0.2, -0.15) is 0 Å². The van der Waals surface area contributed by atoms with E-state index in [-0.39, 0.29) is 19.5 Å². The Balaban J connectivity index is -0.0000000698. The van der Waals surface area contributed by atoms with Crippen LogP contribution in [0.5, 0.6) is 0 Å². The molecular formula is C10H16N2O2S2Zn. The molecule has 0 radical (unpaired) electrons. The van der Waals surface area contributed by atoms with Crippen LogP contribution in [0.4, 0.5) is 9.59 Å². The number of rotatable bonds is 0. The molecule has 0 aliphatic heterocycles. The van der Waals surface area contributed by atoms with Crippen LogP contribution < -0.4 is 11.5 Å². The van der Waals surface area contributed by atoms with Crippen molar-refractivity contribution < 1.29 is 29.1 Å². The molecule has 0 atom stereocenters. The molecule has 0 heterocycles. The summed E-state index contributed by atoms with van der Waals surface area (Å²) in [5.41, 5.74) is 8.57. The van der Waals surface area contributed by atoms with Crippen molar-refractivity contribution in [1.29, 1.82) is 0 Å². The third-order valence-electron chi connectivity index (χ3n) is 0.667. The summed E-state index contributed by atoms with van der Waals surface area (Å²) in [6.07, 6.45) is 0. The minimum absolute atomic E-state index is 0. The second-order valence-corrected chi connectivity index (χ2v) is 2.60. The van der Waals surface area contributed by atoms with E-state index in [1.807, 2.05) is 50.2 Å². The first-order valence-corrected chi connectivity index (χ1v) is 5.21. The average Bonchev–Trinajstić information content (AvgIpc) is 2.22. The van der Waals surface area contributed by atoms with Gasteiger partial charge in [-0.15, -0.1) is 0 Å². The zero-order valence-corrected chi connectivity index (χ0v) is 14.6. The summed E-state index contributed by atoms with van der Waals surface area (Å²) < 4.78 is 0. The minimum atomic E-state index is -0.750. The van der Waals surface area contributed by atoms with Crippen molar-refractivity contribution >= 4 is 35.7 Å². The monoisotopic (exact) mass is 324 g/mol. The zero-order valence-electron chi connectivity index (χ0n) is 9.96. The number of hydrogen-bond donors (Lipinski definition) is 2. The maximum atomic E-state index is 9.04. The van der Waals surface area contributed by atoms with Crippen LogP contribution in [0.15, 0.2) is 36.4 Å². The Labute approximate surface area is 126 Å². The Morgan fingerprint density at radius 1 is 0.765 bits per heavy atom. The Bertz CT molecular complexity index is 215. The van der Waals surface area contributed by atoms with E-state index in [0.717, 1.165) is 0 Å². The van der Waals surface area contributed by atoms with E-state index in [1.165, 1.54) is 0 Å². The number of benzene rings is 1. The summed E-state index contributed by atoms with van der Waals surface area (Å²) in [4.78, 5) is 18.1. The second-order valence-electron chi connectivity index (χ2n) is 1.79. The van der Waals surface area contributed by atoms with Gasteiger partial charge in [0.15, 0.2) is 0 Å². The number of carbonyl (C=O) groups excluding carboxylic acids is 2. The first kappa shape index (κ1) is 25.2. The van der Waals surface area contributed by atoms with Gasteiger partial charge < -0.3 is 46.3 Å². The minimum Gasteiger partial charge on any atom is -0.719 e. The van der Waals surface area contributed by atoms with Crippen molar-refractivity contribution in [2.45, 2.75) is 13.8 Å².